The highest BCUT2D eigenvalue weighted by atomic mass is 16.5. The van der Waals surface area contributed by atoms with E-state index in [1.54, 1.807) is 0 Å². The molecule has 1 aliphatic heterocycles. The number of phenolic OH excluding ortho intramolecular Hbond substituents is 2. The quantitative estimate of drug-likeness (QED) is 0.681. The Balaban J connectivity index is 1.97. The largest absolute Gasteiger partial charge is 0.507 e. The normalized spacial score (nSPS) is 38.8. The first kappa shape index (κ1) is 13.8. The molecule has 1 aromatic carbocycles. The summed E-state index contributed by atoms with van der Waals surface area (Å²) < 4.78 is 11.1. The van der Waals surface area contributed by atoms with Crippen molar-refractivity contribution in [1.82, 2.24) is 0 Å². The van der Waals surface area contributed by atoms with E-state index in [2.05, 4.69) is 0 Å². The molecule has 6 heteroatoms. The summed E-state index contributed by atoms with van der Waals surface area (Å²) in [5, 5.41) is 31.0. The van der Waals surface area contributed by atoms with Crippen molar-refractivity contribution in [2.45, 2.75) is 37.6 Å². The second-order valence-electron chi connectivity index (χ2n) is 6.68. The fraction of sp³-hybridized carbons (Fsp3) is 0.562. The van der Waals surface area contributed by atoms with Crippen molar-refractivity contribution in [3.05, 3.63) is 17.2 Å². The number of ketones is 1. The van der Waals surface area contributed by atoms with Crippen LogP contribution in [0.2, 0.25) is 0 Å². The molecule has 5 atom stereocenters. The lowest BCUT2D eigenvalue weighted by Crippen LogP contribution is -2.45. The van der Waals surface area contributed by atoms with Crippen LogP contribution in [-0.4, -0.2) is 39.9 Å². The van der Waals surface area contributed by atoms with Gasteiger partial charge in [0, 0.05) is 23.5 Å². The van der Waals surface area contributed by atoms with E-state index in [4.69, 9.17) is 9.47 Å². The predicted octanol–water partition coefficient (Wildman–Crippen LogP) is 1.52. The molecule has 0 amide bonds. The van der Waals surface area contributed by atoms with Gasteiger partial charge in [0.1, 0.15) is 5.75 Å². The fourth-order valence-electron chi connectivity index (χ4n) is 4.34. The second-order valence-corrected chi connectivity index (χ2v) is 6.68. The van der Waals surface area contributed by atoms with Crippen LogP contribution in [0.1, 0.15) is 41.8 Å². The third kappa shape index (κ3) is 1.49. The molecule has 5 unspecified atom stereocenters. The van der Waals surface area contributed by atoms with Gasteiger partial charge in [0.25, 0.3) is 0 Å². The van der Waals surface area contributed by atoms with E-state index in [1.807, 2.05) is 6.92 Å². The maximum absolute atomic E-state index is 12.8. The molecule has 2 aliphatic carbocycles. The number of Topliss-reactive ketones (excluding diaryl/α,β-unsaturated/α-hetero) is 1. The minimum Gasteiger partial charge on any atom is -0.507 e. The maximum Gasteiger partial charge on any atom is 0.170 e. The molecule has 0 radical (unpaired) electrons. The average Bonchev–Trinajstić information content (AvgIpc) is 2.80. The van der Waals surface area contributed by atoms with Gasteiger partial charge in [0.15, 0.2) is 17.3 Å². The van der Waals surface area contributed by atoms with E-state index in [0.29, 0.717) is 18.4 Å². The minimum atomic E-state index is -0.733. The molecule has 1 saturated heterocycles. The number of rotatable bonds is 1. The summed E-state index contributed by atoms with van der Waals surface area (Å²) in [5.74, 6) is -0.992. The smallest absolute Gasteiger partial charge is 0.170 e. The Morgan fingerprint density at radius 2 is 2.14 bits per heavy atom. The van der Waals surface area contributed by atoms with Crippen molar-refractivity contribution in [1.29, 1.82) is 0 Å². The summed E-state index contributed by atoms with van der Waals surface area (Å²) >= 11 is 0. The molecule has 0 spiro atoms. The number of carbonyl (C=O) groups is 1. The van der Waals surface area contributed by atoms with Crippen molar-refractivity contribution in [2.24, 2.45) is 11.8 Å². The van der Waals surface area contributed by atoms with E-state index in [0.717, 1.165) is 0 Å². The summed E-state index contributed by atoms with van der Waals surface area (Å²) in [6.07, 6.45) is -0.363. The van der Waals surface area contributed by atoms with Gasteiger partial charge in [-0.3, -0.25) is 4.79 Å². The number of aromatic hydroxyl groups is 2. The van der Waals surface area contributed by atoms with Crippen LogP contribution in [0, 0.1) is 11.8 Å². The van der Waals surface area contributed by atoms with E-state index in [9.17, 15) is 20.1 Å². The van der Waals surface area contributed by atoms with Crippen LogP contribution >= 0.6 is 0 Å². The predicted molar refractivity (Wildman–Crippen MR) is 75.1 cm³/mol. The number of hydrogen-bond donors (Lipinski definition) is 3. The van der Waals surface area contributed by atoms with E-state index in [-0.39, 0.29) is 40.4 Å². The van der Waals surface area contributed by atoms with E-state index in [1.165, 1.54) is 13.2 Å². The molecule has 118 valence electrons. The van der Waals surface area contributed by atoms with Gasteiger partial charge in [-0.05, 0) is 19.8 Å². The summed E-state index contributed by atoms with van der Waals surface area (Å²) in [5.41, 5.74) is -0.331. The molecular formula is C16H18O6. The van der Waals surface area contributed by atoms with Gasteiger partial charge in [-0.2, -0.15) is 0 Å². The SMILES string of the molecule is COc1cc(O)c2c(c1O)C1OC3(C)CC1C(CC3O)C2=O. The van der Waals surface area contributed by atoms with E-state index >= 15 is 0 Å². The lowest BCUT2D eigenvalue weighted by atomic mass is 9.64. The summed E-state index contributed by atoms with van der Waals surface area (Å²) in [4.78, 5) is 12.8. The number of aliphatic hydroxyl groups is 1. The lowest BCUT2D eigenvalue weighted by molar-refractivity contribution is -0.104. The van der Waals surface area contributed by atoms with Crippen molar-refractivity contribution in [3.63, 3.8) is 0 Å². The first-order chi connectivity index (χ1) is 10.4. The highest BCUT2D eigenvalue weighted by Gasteiger charge is 2.61. The van der Waals surface area contributed by atoms with Crippen LogP contribution < -0.4 is 4.74 Å². The Kier molecular flexibility index (Phi) is 2.61. The molecule has 1 aromatic rings. The summed E-state index contributed by atoms with van der Waals surface area (Å²) in [6.45, 7) is 1.83. The van der Waals surface area contributed by atoms with Crippen LogP contribution in [0.4, 0.5) is 0 Å². The zero-order chi connectivity index (χ0) is 15.8. The molecule has 2 fully saturated rings. The third-order valence-electron chi connectivity index (χ3n) is 5.49. The first-order valence-electron chi connectivity index (χ1n) is 7.40. The minimum absolute atomic E-state index is 0.0918. The second kappa shape index (κ2) is 4.14. The first-order valence-corrected chi connectivity index (χ1v) is 7.40. The molecule has 4 rings (SSSR count). The highest BCUT2D eigenvalue weighted by molar-refractivity contribution is 6.04. The van der Waals surface area contributed by atoms with E-state index < -0.39 is 17.8 Å². The molecule has 2 bridgehead atoms. The number of hydrogen-bond acceptors (Lipinski definition) is 6. The molecule has 3 N–H and O–H groups in total. The Morgan fingerprint density at radius 3 is 2.82 bits per heavy atom. The van der Waals surface area contributed by atoms with Gasteiger partial charge >= 0.3 is 0 Å². The molecule has 0 aromatic heterocycles. The van der Waals surface area contributed by atoms with Crippen molar-refractivity contribution < 1.29 is 29.6 Å². The Labute approximate surface area is 127 Å². The molecule has 1 saturated carbocycles. The Hall–Kier alpha value is -1.79. The topological polar surface area (TPSA) is 96.2 Å². The fourth-order valence-corrected chi connectivity index (χ4v) is 4.34. The highest BCUT2D eigenvalue weighted by Crippen LogP contribution is 2.61. The van der Waals surface area contributed by atoms with Crippen molar-refractivity contribution in [2.75, 3.05) is 7.11 Å². The number of aliphatic hydroxyl groups excluding tert-OH is 1. The maximum atomic E-state index is 12.8. The van der Waals surface area contributed by atoms with Crippen molar-refractivity contribution >= 4 is 5.78 Å². The zero-order valence-electron chi connectivity index (χ0n) is 12.4. The van der Waals surface area contributed by atoms with Crippen LogP contribution in [-0.2, 0) is 4.74 Å². The van der Waals surface area contributed by atoms with Crippen LogP contribution in [0.25, 0.3) is 0 Å². The van der Waals surface area contributed by atoms with Crippen molar-refractivity contribution in [3.8, 4) is 17.2 Å². The average molecular weight is 306 g/mol. The Morgan fingerprint density at radius 1 is 1.41 bits per heavy atom. The molecule has 6 nitrogen and oxygen atoms in total. The van der Waals surface area contributed by atoms with Crippen LogP contribution in [0.3, 0.4) is 0 Å². The number of phenols is 2. The number of benzene rings is 1. The van der Waals surface area contributed by atoms with Crippen LogP contribution in [0.15, 0.2) is 6.07 Å². The zero-order valence-corrected chi connectivity index (χ0v) is 12.4. The molecule has 3 aliphatic rings. The molecule has 22 heavy (non-hydrogen) atoms. The number of fused-ring (bicyclic) bond motifs is 3. The number of carbonyl (C=O) groups excluding carboxylic acids is 1. The van der Waals surface area contributed by atoms with Gasteiger partial charge < -0.3 is 24.8 Å². The van der Waals surface area contributed by atoms with Gasteiger partial charge in [-0.1, -0.05) is 0 Å². The van der Waals surface area contributed by atoms with Gasteiger partial charge in [-0.25, -0.2) is 0 Å². The monoisotopic (exact) mass is 306 g/mol. The third-order valence-corrected chi connectivity index (χ3v) is 5.49. The van der Waals surface area contributed by atoms with Gasteiger partial charge in [0.05, 0.1) is 30.5 Å². The van der Waals surface area contributed by atoms with Gasteiger partial charge in [0.2, 0.25) is 0 Å². The summed E-state index contributed by atoms with van der Waals surface area (Å²) in [7, 11) is 1.38. The number of ether oxygens (including phenoxy) is 2. The Bertz CT molecular complexity index is 684. The van der Waals surface area contributed by atoms with Crippen LogP contribution in [0.5, 0.6) is 17.2 Å². The standard InChI is InChI=1S/C16H18O6/c1-16-5-7-6(3-10(16)18)13(19)11-8(17)4-9(21-2)14(20)12(11)15(7)22-16/h4,6-7,10,15,17-18,20H,3,5H2,1-2H3. The molecular weight excluding hydrogens is 288 g/mol. The van der Waals surface area contributed by atoms with Gasteiger partial charge in [-0.15, -0.1) is 0 Å². The number of methoxy groups -OCH3 is 1. The summed E-state index contributed by atoms with van der Waals surface area (Å²) in [6, 6.07) is 1.24. The molecule has 1 heterocycles. The lowest BCUT2D eigenvalue weighted by Gasteiger charge is -2.38.